The predicted molar refractivity (Wildman–Crippen MR) is 82.6 cm³/mol. The molecular formula is C15H22BrNO3. The largest absolute Gasteiger partial charge is 0.481 e. The number of halogens is 1. The van der Waals surface area contributed by atoms with E-state index in [0.29, 0.717) is 23.8 Å². The molecule has 0 aliphatic carbocycles. The normalized spacial score (nSPS) is 12.3. The average molecular weight is 344 g/mol. The molecule has 112 valence electrons. The van der Waals surface area contributed by atoms with Gasteiger partial charge in [0.25, 0.3) is 5.91 Å². The van der Waals surface area contributed by atoms with Crippen LogP contribution in [0.25, 0.3) is 0 Å². The number of hydrogen-bond donors (Lipinski definition) is 2. The van der Waals surface area contributed by atoms with Crippen LogP contribution in [-0.4, -0.2) is 23.7 Å². The molecule has 5 heteroatoms. The number of carbonyl (C=O) groups is 1. The van der Waals surface area contributed by atoms with Crippen LogP contribution in [0.5, 0.6) is 5.75 Å². The number of nitrogens with one attached hydrogen (secondary N) is 1. The molecule has 2 N–H and O–H groups in total. The topological polar surface area (TPSA) is 58.6 Å². The van der Waals surface area contributed by atoms with Gasteiger partial charge in [-0.15, -0.1) is 0 Å². The third kappa shape index (κ3) is 5.51. The van der Waals surface area contributed by atoms with Crippen LogP contribution in [0.1, 0.15) is 32.8 Å². The number of carbonyl (C=O) groups excluding carboxylic acids is 1. The fourth-order valence-electron chi connectivity index (χ4n) is 1.66. The van der Waals surface area contributed by atoms with Crippen molar-refractivity contribution in [3.63, 3.8) is 0 Å². The van der Waals surface area contributed by atoms with Crippen molar-refractivity contribution in [2.24, 2.45) is 5.92 Å². The second kappa shape index (κ2) is 8.27. The number of aliphatic hydroxyl groups is 1. The molecule has 1 unspecified atom stereocenters. The summed E-state index contributed by atoms with van der Waals surface area (Å²) in [7, 11) is 0. The van der Waals surface area contributed by atoms with Crippen molar-refractivity contribution >= 4 is 21.8 Å². The van der Waals surface area contributed by atoms with Gasteiger partial charge in [0.05, 0.1) is 6.61 Å². The van der Waals surface area contributed by atoms with Gasteiger partial charge in [0.2, 0.25) is 0 Å². The fourth-order valence-corrected chi connectivity index (χ4v) is 2.07. The first-order valence-electron chi connectivity index (χ1n) is 6.77. The van der Waals surface area contributed by atoms with Gasteiger partial charge in [-0.25, -0.2) is 0 Å². The monoisotopic (exact) mass is 343 g/mol. The second-order valence-electron chi connectivity index (χ2n) is 5.14. The summed E-state index contributed by atoms with van der Waals surface area (Å²) in [6.45, 7) is 6.45. The third-order valence-corrected chi connectivity index (χ3v) is 3.38. The summed E-state index contributed by atoms with van der Waals surface area (Å²) in [4.78, 5) is 11.9. The number of ether oxygens (including phenoxy) is 1. The molecule has 0 radical (unpaired) electrons. The number of amides is 1. The molecule has 0 bridgehead atoms. The number of aliphatic hydroxyl groups excluding tert-OH is 1. The van der Waals surface area contributed by atoms with E-state index in [1.807, 2.05) is 6.07 Å². The Morgan fingerprint density at radius 1 is 1.40 bits per heavy atom. The van der Waals surface area contributed by atoms with Crippen LogP contribution >= 0.6 is 15.9 Å². The molecule has 0 aromatic heterocycles. The van der Waals surface area contributed by atoms with E-state index in [9.17, 15) is 9.90 Å². The minimum Gasteiger partial charge on any atom is -0.481 e. The lowest BCUT2D eigenvalue weighted by Crippen LogP contribution is -2.37. The van der Waals surface area contributed by atoms with Gasteiger partial charge in [-0.2, -0.15) is 0 Å². The first kappa shape index (κ1) is 17.0. The van der Waals surface area contributed by atoms with E-state index in [0.717, 1.165) is 10.9 Å². The van der Waals surface area contributed by atoms with Crippen LogP contribution in [0.4, 0.5) is 0 Å². The zero-order valence-electron chi connectivity index (χ0n) is 12.1. The lowest BCUT2D eigenvalue weighted by Gasteiger charge is -2.17. The average Bonchev–Trinajstić information content (AvgIpc) is 2.40. The molecule has 20 heavy (non-hydrogen) atoms. The Balaban J connectivity index is 2.57. The molecule has 0 saturated carbocycles. The molecule has 1 aromatic carbocycles. The first-order valence-corrected chi connectivity index (χ1v) is 7.57. The Hall–Kier alpha value is -1.07. The van der Waals surface area contributed by atoms with Gasteiger partial charge < -0.3 is 15.2 Å². The van der Waals surface area contributed by atoms with Crippen LogP contribution in [0.2, 0.25) is 0 Å². The maximum Gasteiger partial charge on any atom is 0.260 e. The van der Waals surface area contributed by atoms with Crippen molar-refractivity contribution in [1.82, 2.24) is 5.32 Å². The molecule has 1 atom stereocenters. The fraction of sp³-hybridized carbons (Fsp3) is 0.533. The van der Waals surface area contributed by atoms with E-state index >= 15 is 0 Å². The summed E-state index contributed by atoms with van der Waals surface area (Å²) in [6.07, 6.45) is 0.354. The molecule has 0 saturated heterocycles. The van der Waals surface area contributed by atoms with Gasteiger partial charge in [-0.3, -0.25) is 4.79 Å². The molecule has 1 amide bonds. The molecule has 0 spiro atoms. The molecule has 1 rings (SSSR count). The van der Waals surface area contributed by atoms with Crippen molar-refractivity contribution in [3.8, 4) is 5.75 Å². The van der Waals surface area contributed by atoms with E-state index in [1.165, 1.54) is 0 Å². The van der Waals surface area contributed by atoms with Crippen molar-refractivity contribution in [3.05, 3.63) is 28.2 Å². The summed E-state index contributed by atoms with van der Waals surface area (Å²) in [5.74, 6) is 0.943. The van der Waals surface area contributed by atoms with Crippen LogP contribution in [0, 0.1) is 5.92 Å². The van der Waals surface area contributed by atoms with Gasteiger partial charge >= 0.3 is 0 Å². The standard InChI is InChI=1S/C15H22BrNO3/c1-10(2)6-7-17-15(19)11(3)20-14-5-4-13(16)8-12(14)9-18/h4-5,8,10-11,18H,6-7,9H2,1-3H3,(H,17,19). The molecule has 0 aliphatic heterocycles. The summed E-state index contributed by atoms with van der Waals surface area (Å²) in [6, 6.07) is 5.34. The maximum atomic E-state index is 11.9. The van der Waals surface area contributed by atoms with Gasteiger partial charge in [0.1, 0.15) is 5.75 Å². The van der Waals surface area contributed by atoms with Crippen LogP contribution in [0.3, 0.4) is 0 Å². The SMILES string of the molecule is CC(C)CCNC(=O)C(C)Oc1ccc(Br)cc1CO. The minimum absolute atomic E-state index is 0.129. The Kier molecular flexibility index (Phi) is 7.02. The molecule has 4 nitrogen and oxygen atoms in total. The Bertz CT molecular complexity index is 449. The quantitative estimate of drug-likeness (QED) is 0.800. The lowest BCUT2D eigenvalue weighted by molar-refractivity contribution is -0.127. The highest BCUT2D eigenvalue weighted by atomic mass is 79.9. The second-order valence-corrected chi connectivity index (χ2v) is 6.06. The van der Waals surface area contributed by atoms with E-state index in [2.05, 4.69) is 35.1 Å². The Labute approximate surface area is 128 Å². The summed E-state index contributed by atoms with van der Waals surface area (Å²) in [5, 5.41) is 12.1. The summed E-state index contributed by atoms with van der Waals surface area (Å²) >= 11 is 3.33. The van der Waals surface area contributed by atoms with Gasteiger partial charge in [0, 0.05) is 16.6 Å². The molecule has 0 fully saturated rings. The van der Waals surface area contributed by atoms with E-state index < -0.39 is 6.10 Å². The highest BCUT2D eigenvalue weighted by molar-refractivity contribution is 9.10. The minimum atomic E-state index is -0.589. The van der Waals surface area contributed by atoms with E-state index in [1.54, 1.807) is 19.1 Å². The zero-order chi connectivity index (χ0) is 15.1. The molecule has 0 heterocycles. The van der Waals surface area contributed by atoms with E-state index in [4.69, 9.17) is 4.74 Å². The summed E-state index contributed by atoms with van der Waals surface area (Å²) < 4.78 is 6.48. The first-order chi connectivity index (χ1) is 9.43. The van der Waals surface area contributed by atoms with Crippen molar-refractivity contribution in [1.29, 1.82) is 0 Å². The van der Waals surface area contributed by atoms with Gasteiger partial charge in [-0.1, -0.05) is 29.8 Å². The van der Waals surface area contributed by atoms with Crippen LogP contribution < -0.4 is 10.1 Å². The maximum absolute atomic E-state index is 11.9. The predicted octanol–water partition coefficient (Wildman–Crippen LogP) is 2.87. The Morgan fingerprint density at radius 2 is 2.10 bits per heavy atom. The smallest absolute Gasteiger partial charge is 0.260 e. The van der Waals surface area contributed by atoms with Crippen LogP contribution in [-0.2, 0) is 11.4 Å². The molecule has 0 aliphatic rings. The van der Waals surface area contributed by atoms with Gasteiger partial charge in [0.15, 0.2) is 6.10 Å². The third-order valence-electron chi connectivity index (χ3n) is 2.89. The zero-order valence-corrected chi connectivity index (χ0v) is 13.7. The summed E-state index contributed by atoms with van der Waals surface area (Å²) in [5.41, 5.74) is 0.654. The highest BCUT2D eigenvalue weighted by Crippen LogP contribution is 2.24. The van der Waals surface area contributed by atoms with Gasteiger partial charge in [-0.05, 0) is 37.5 Å². The number of rotatable bonds is 7. The number of benzene rings is 1. The Morgan fingerprint density at radius 3 is 2.70 bits per heavy atom. The van der Waals surface area contributed by atoms with Crippen molar-refractivity contribution < 1.29 is 14.6 Å². The highest BCUT2D eigenvalue weighted by Gasteiger charge is 2.16. The van der Waals surface area contributed by atoms with E-state index in [-0.39, 0.29) is 12.5 Å². The van der Waals surface area contributed by atoms with Crippen molar-refractivity contribution in [2.75, 3.05) is 6.54 Å². The van der Waals surface area contributed by atoms with Crippen LogP contribution in [0.15, 0.2) is 22.7 Å². The lowest BCUT2D eigenvalue weighted by atomic mass is 10.1. The molecular weight excluding hydrogens is 322 g/mol. The number of hydrogen-bond acceptors (Lipinski definition) is 3. The van der Waals surface area contributed by atoms with Crippen molar-refractivity contribution in [2.45, 2.75) is 39.9 Å². The molecule has 1 aromatic rings.